The molecule has 2 aliphatic carbocycles. The highest BCUT2D eigenvalue weighted by molar-refractivity contribution is 5.12. The summed E-state index contributed by atoms with van der Waals surface area (Å²) in [5, 5.41) is 3.79. The molecule has 2 fully saturated rings. The topological polar surface area (TPSA) is 34.4 Å². The molecule has 3 atom stereocenters. The zero-order valence-corrected chi connectivity index (χ0v) is 12.7. The summed E-state index contributed by atoms with van der Waals surface area (Å²) in [6.07, 6.45) is 10.1. The summed E-state index contributed by atoms with van der Waals surface area (Å²) >= 11 is 0. The standard InChI is InChI=1S/C17H27NO2/c1-3-19-16-12-15(17(16)9-5-4-6-10-17)18-13(2)14-8-7-11-20-14/h7-8,11,13,15-16,18H,3-6,9-10,12H2,1-2H3. The van der Waals surface area contributed by atoms with Gasteiger partial charge in [-0.25, -0.2) is 0 Å². The molecule has 0 amide bonds. The number of hydrogen-bond donors (Lipinski definition) is 1. The van der Waals surface area contributed by atoms with Crippen molar-refractivity contribution in [3.63, 3.8) is 0 Å². The van der Waals surface area contributed by atoms with E-state index in [0.29, 0.717) is 17.6 Å². The van der Waals surface area contributed by atoms with Crippen LogP contribution in [0.15, 0.2) is 22.8 Å². The van der Waals surface area contributed by atoms with Crippen molar-refractivity contribution in [2.45, 2.75) is 70.6 Å². The minimum absolute atomic E-state index is 0.288. The van der Waals surface area contributed by atoms with Gasteiger partial charge < -0.3 is 14.5 Å². The predicted molar refractivity (Wildman–Crippen MR) is 79.6 cm³/mol. The van der Waals surface area contributed by atoms with Crippen LogP contribution in [0.4, 0.5) is 0 Å². The van der Waals surface area contributed by atoms with Gasteiger partial charge in [0, 0.05) is 18.1 Å². The van der Waals surface area contributed by atoms with Crippen LogP contribution in [0.3, 0.4) is 0 Å². The van der Waals surface area contributed by atoms with E-state index in [1.165, 1.54) is 32.1 Å². The van der Waals surface area contributed by atoms with Gasteiger partial charge in [-0.3, -0.25) is 0 Å². The fraction of sp³-hybridized carbons (Fsp3) is 0.765. The summed E-state index contributed by atoms with van der Waals surface area (Å²) in [6, 6.07) is 4.90. The Morgan fingerprint density at radius 1 is 1.40 bits per heavy atom. The molecule has 0 radical (unpaired) electrons. The Labute approximate surface area is 122 Å². The molecule has 2 aliphatic rings. The van der Waals surface area contributed by atoms with Gasteiger partial charge in [0.05, 0.1) is 18.4 Å². The molecule has 20 heavy (non-hydrogen) atoms. The highest BCUT2D eigenvalue weighted by Crippen LogP contribution is 2.53. The van der Waals surface area contributed by atoms with Crippen molar-refractivity contribution in [3.05, 3.63) is 24.2 Å². The lowest BCUT2D eigenvalue weighted by atomic mass is 9.55. The maximum Gasteiger partial charge on any atom is 0.120 e. The summed E-state index contributed by atoms with van der Waals surface area (Å²) in [6.45, 7) is 5.15. The summed E-state index contributed by atoms with van der Waals surface area (Å²) < 4.78 is 11.5. The summed E-state index contributed by atoms with van der Waals surface area (Å²) in [5.74, 6) is 1.04. The minimum Gasteiger partial charge on any atom is -0.468 e. The van der Waals surface area contributed by atoms with E-state index in [9.17, 15) is 0 Å². The van der Waals surface area contributed by atoms with Gasteiger partial charge >= 0.3 is 0 Å². The molecule has 3 nitrogen and oxygen atoms in total. The molecule has 1 aromatic rings. The van der Waals surface area contributed by atoms with Crippen LogP contribution < -0.4 is 5.32 Å². The average Bonchev–Trinajstić information content (AvgIpc) is 3.01. The summed E-state index contributed by atoms with van der Waals surface area (Å²) in [5.41, 5.74) is 0.384. The first-order chi connectivity index (χ1) is 9.76. The molecule has 0 bridgehead atoms. The molecule has 0 aliphatic heterocycles. The van der Waals surface area contributed by atoms with E-state index in [4.69, 9.17) is 9.15 Å². The van der Waals surface area contributed by atoms with Crippen molar-refractivity contribution >= 4 is 0 Å². The second-order valence-corrected chi connectivity index (χ2v) is 6.43. The van der Waals surface area contributed by atoms with Crippen molar-refractivity contribution in [3.8, 4) is 0 Å². The van der Waals surface area contributed by atoms with E-state index < -0.39 is 0 Å². The van der Waals surface area contributed by atoms with Gasteiger partial charge in [0.1, 0.15) is 5.76 Å². The Bertz CT molecular complexity index is 409. The summed E-state index contributed by atoms with van der Waals surface area (Å²) in [7, 11) is 0. The molecular weight excluding hydrogens is 250 g/mol. The van der Waals surface area contributed by atoms with Gasteiger partial charge in [0.15, 0.2) is 0 Å². The number of nitrogens with one attached hydrogen (secondary N) is 1. The van der Waals surface area contributed by atoms with Crippen molar-refractivity contribution < 1.29 is 9.15 Å². The van der Waals surface area contributed by atoms with Gasteiger partial charge in [-0.2, -0.15) is 0 Å². The van der Waals surface area contributed by atoms with Crippen LogP contribution in [-0.4, -0.2) is 18.8 Å². The second kappa shape index (κ2) is 5.90. The van der Waals surface area contributed by atoms with Crippen molar-refractivity contribution in [1.29, 1.82) is 0 Å². The Hall–Kier alpha value is -0.800. The average molecular weight is 277 g/mol. The van der Waals surface area contributed by atoms with E-state index in [1.54, 1.807) is 6.26 Å². The number of hydrogen-bond acceptors (Lipinski definition) is 3. The number of ether oxygens (including phenoxy) is 1. The minimum atomic E-state index is 0.288. The molecule has 1 aromatic heterocycles. The van der Waals surface area contributed by atoms with Crippen LogP contribution in [0.1, 0.15) is 64.2 Å². The third-order valence-electron chi connectivity index (χ3n) is 5.36. The maximum absolute atomic E-state index is 6.01. The van der Waals surface area contributed by atoms with E-state index in [1.807, 2.05) is 6.07 Å². The lowest BCUT2D eigenvalue weighted by Crippen LogP contribution is -2.64. The van der Waals surface area contributed by atoms with Crippen LogP contribution in [0.5, 0.6) is 0 Å². The van der Waals surface area contributed by atoms with E-state index in [0.717, 1.165) is 18.8 Å². The molecule has 112 valence electrons. The normalized spacial score (nSPS) is 30.1. The van der Waals surface area contributed by atoms with Crippen LogP contribution in [0.25, 0.3) is 0 Å². The largest absolute Gasteiger partial charge is 0.468 e. The highest BCUT2D eigenvalue weighted by atomic mass is 16.5. The summed E-state index contributed by atoms with van der Waals surface area (Å²) in [4.78, 5) is 0. The van der Waals surface area contributed by atoms with Gasteiger partial charge in [-0.05, 0) is 45.2 Å². The lowest BCUT2D eigenvalue weighted by Gasteiger charge is -2.58. The number of rotatable bonds is 5. The smallest absolute Gasteiger partial charge is 0.120 e. The third kappa shape index (κ3) is 2.42. The van der Waals surface area contributed by atoms with Crippen LogP contribution >= 0.6 is 0 Å². The van der Waals surface area contributed by atoms with E-state index >= 15 is 0 Å². The Morgan fingerprint density at radius 3 is 2.85 bits per heavy atom. The first kappa shape index (κ1) is 14.2. The van der Waals surface area contributed by atoms with Crippen LogP contribution in [0.2, 0.25) is 0 Å². The zero-order valence-electron chi connectivity index (χ0n) is 12.7. The second-order valence-electron chi connectivity index (χ2n) is 6.43. The quantitative estimate of drug-likeness (QED) is 0.881. The number of furan rings is 1. The maximum atomic E-state index is 6.01. The molecule has 2 saturated carbocycles. The van der Waals surface area contributed by atoms with Gasteiger partial charge in [0.25, 0.3) is 0 Å². The van der Waals surface area contributed by atoms with Gasteiger partial charge in [0.2, 0.25) is 0 Å². The fourth-order valence-electron chi connectivity index (χ4n) is 4.22. The third-order valence-corrected chi connectivity index (χ3v) is 5.36. The first-order valence-electron chi connectivity index (χ1n) is 8.17. The van der Waals surface area contributed by atoms with Crippen molar-refractivity contribution in [2.75, 3.05) is 6.61 Å². The SMILES string of the molecule is CCOC1CC(NC(C)c2ccco2)C12CCCCC2. The molecule has 1 heterocycles. The molecular formula is C17H27NO2. The van der Waals surface area contributed by atoms with Crippen LogP contribution in [-0.2, 0) is 4.74 Å². The Morgan fingerprint density at radius 2 is 2.20 bits per heavy atom. The lowest BCUT2D eigenvalue weighted by molar-refractivity contribution is -0.152. The van der Waals surface area contributed by atoms with Crippen molar-refractivity contribution in [1.82, 2.24) is 5.32 Å². The van der Waals surface area contributed by atoms with E-state index in [2.05, 4.69) is 25.2 Å². The molecule has 3 heteroatoms. The Kier molecular flexibility index (Phi) is 4.18. The first-order valence-corrected chi connectivity index (χ1v) is 8.17. The zero-order chi connectivity index (χ0) is 14.0. The molecule has 3 unspecified atom stereocenters. The molecule has 0 saturated heterocycles. The molecule has 0 aromatic carbocycles. The predicted octanol–water partition coefficient (Wildman–Crippen LogP) is 4.06. The monoisotopic (exact) mass is 277 g/mol. The van der Waals surface area contributed by atoms with Gasteiger partial charge in [-0.15, -0.1) is 0 Å². The molecule has 1 spiro atoms. The van der Waals surface area contributed by atoms with E-state index in [-0.39, 0.29) is 6.04 Å². The molecule has 3 rings (SSSR count). The molecule has 1 N–H and O–H groups in total. The van der Waals surface area contributed by atoms with Crippen LogP contribution in [0, 0.1) is 5.41 Å². The highest BCUT2D eigenvalue weighted by Gasteiger charge is 2.55. The van der Waals surface area contributed by atoms with Crippen molar-refractivity contribution in [2.24, 2.45) is 5.41 Å². The van der Waals surface area contributed by atoms with Gasteiger partial charge in [-0.1, -0.05) is 19.3 Å². The fourth-order valence-corrected chi connectivity index (χ4v) is 4.22. The Balaban J connectivity index is 1.67.